The zero-order valence-corrected chi connectivity index (χ0v) is 16.0. The van der Waals surface area contributed by atoms with E-state index in [-0.39, 0.29) is 11.3 Å². The zero-order chi connectivity index (χ0) is 19.8. The lowest BCUT2D eigenvalue weighted by molar-refractivity contribution is 0.0694. The Morgan fingerprint density at radius 3 is 2.64 bits per heavy atom. The van der Waals surface area contributed by atoms with Crippen LogP contribution in [0.1, 0.15) is 21.5 Å². The lowest BCUT2D eigenvalue weighted by Crippen LogP contribution is -2.00. The van der Waals surface area contributed by atoms with Gasteiger partial charge in [0.2, 0.25) is 0 Å². The number of hydrogen-bond donors (Lipinski definition) is 3. The maximum absolute atomic E-state index is 11.3. The van der Waals surface area contributed by atoms with Gasteiger partial charge in [0, 0.05) is 16.6 Å². The fourth-order valence-electron chi connectivity index (χ4n) is 3.21. The molecule has 2 aromatic heterocycles. The molecule has 0 unspecified atom stereocenters. The van der Waals surface area contributed by atoms with Crippen molar-refractivity contribution in [2.24, 2.45) is 0 Å². The molecule has 140 valence electrons. The van der Waals surface area contributed by atoms with E-state index < -0.39 is 5.97 Å². The van der Waals surface area contributed by atoms with Crippen molar-refractivity contribution in [3.63, 3.8) is 0 Å². The van der Waals surface area contributed by atoms with Gasteiger partial charge in [-0.05, 0) is 43.2 Å². The molecule has 0 amide bonds. The number of nitrogens with zero attached hydrogens (tertiary/aromatic N) is 2. The number of rotatable bonds is 4. The van der Waals surface area contributed by atoms with Crippen molar-refractivity contribution in [2.75, 3.05) is 5.32 Å². The van der Waals surface area contributed by atoms with E-state index in [4.69, 9.17) is 0 Å². The highest BCUT2D eigenvalue weighted by Gasteiger charge is 2.16. The molecule has 2 aromatic carbocycles. The van der Waals surface area contributed by atoms with E-state index in [1.54, 1.807) is 6.07 Å². The van der Waals surface area contributed by atoms with Crippen LogP contribution in [0, 0.1) is 13.8 Å². The third-order valence-corrected chi connectivity index (χ3v) is 5.42. The van der Waals surface area contributed by atoms with Gasteiger partial charge in [-0.25, -0.2) is 14.8 Å². The largest absolute Gasteiger partial charge is 0.507 e. The number of carboxylic acid groups (broad SMARTS) is 1. The third kappa shape index (κ3) is 3.16. The molecular formula is C21H17N3O3S. The van der Waals surface area contributed by atoms with Crippen LogP contribution in [0.25, 0.3) is 21.3 Å². The van der Waals surface area contributed by atoms with Gasteiger partial charge in [-0.1, -0.05) is 23.8 Å². The molecule has 3 N–H and O–H groups in total. The molecule has 6 nitrogen and oxygen atoms in total. The summed E-state index contributed by atoms with van der Waals surface area (Å²) in [6.07, 6.45) is 1.48. The van der Waals surface area contributed by atoms with E-state index in [0.29, 0.717) is 11.5 Å². The number of nitrogens with one attached hydrogen (secondary N) is 1. The van der Waals surface area contributed by atoms with Crippen LogP contribution in [0.5, 0.6) is 5.75 Å². The lowest BCUT2D eigenvalue weighted by Gasteiger charge is -2.11. The maximum Gasteiger partial charge on any atom is 0.339 e. The minimum absolute atomic E-state index is 0.171. The number of hydrogen-bond acceptors (Lipinski definition) is 6. The summed E-state index contributed by atoms with van der Waals surface area (Å²) in [6.45, 7) is 4.13. The Balaban J connectivity index is 1.84. The van der Waals surface area contributed by atoms with Gasteiger partial charge in [0.15, 0.2) is 0 Å². The summed E-state index contributed by atoms with van der Waals surface area (Å²) in [5, 5.41) is 25.1. The lowest BCUT2D eigenvalue weighted by atomic mass is 9.99. The summed E-state index contributed by atoms with van der Waals surface area (Å²) in [4.78, 5) is 20.9. The van der Waals surface area contributed by atoms with E-state index in [1.807, 2.05) is 0 Å². The quantitative estimate of drug-likeness (QED) is 0.418. The predicted octanol–water partition coefficient (Wildman–Crippen LogP) is 5.12. The summed E-state index contributed by atoms with van der Waals surface area (Å²) >= 11 is 1.53. The molecule has 0 saturated carbocycles. The molecule has 0 fully saturated rings. The van der Waals surface area contributed by atoms with E-state index in [2.05, 4.69) is 52.7 Å². The standard InChI is InChI=1S/C21H17N3O3S/c1-11-3-5-14(12(2)7-11)16-9-28-20-18(16)19(22-10-23-20)24-13-4-6-17(25)15(8-13)21(26)27/h3-10,25H,1-2H3,(H,26,27)(H,22,23,24). The normalized spacial score (nSPS) is 10.9. The number of aromatic hydroxyl groups is 1. The summed E-state index contributed by atoms with van der Waals surface area (Å²) in [7, 11) is 0. The van der Waals surface area contributed by atoms with Crippen LogP contribution in [0.3, 0.4) is 0 Å². The molecule has 0 saturated heterocycles. The second-order valence-corrected chi connectivity index (χ2v) is 7.39. The third-order valence-electron chi connectivity index (χ3n) is 4.53. The van der Waals surface area contributed by atoms with Crippen molar-refractivity contribution in [3.05, 3.63) is 64.8 Å². The van der Waals surface area contributed by atoms with Gasteiger partial charge in [0.25, 0.3) is 0 Å². The minimum Gasteiger partial charge on any atom is -0.507 e. The van der Waals surface area contributed by atoms with Gasteiger partial charge < -0.3 is 15.5 Å². The average Bonchev–Trinajstić information content (AvgIpc) is 3.08. The highest BCUT2D eigenvalue weighted by atomic mass is 32.1. The van der Waals surface area contributed by atoms with Gasteiger partial charge in [0.1, 0.15) is 28.3 Å². The molecule has 4 rings (SSSR count). The number of fused-ring (bicyclic) bond motifs is 1. The second kappa shape index (κ2) is 6.94. The summed E-state index contributed by atoms with van der Waals surface area (Å²) in [5.41, 5.74) is 4.83. The molecule has 28 heavy (non-hydrogen) atoms. The molecule has 0 bridgehead atoms. The SMILES string of the molecule is Cc1ccc(-c2csc3ncnc(Nc4ccc(O)c(C(=O)O)c4)c23)c(C)c1. The number of anilines is 2. The molecule has 0 spiro atoms. The van der Waals surface area contributed by atoms with Crippen molar-refractivity contribution in [1.82, 2.24) is 9.97 Å². The molecule has 0 atom stereocenters. The topological polar surface area (TPSA) is 95.3 Å². The van der Waals surface area contributed by atoms with Crippen LogP contribution >= 0.6 is 11.3 Å². The summed E-state index contributed by atoms with van der Waals surface area (Å²) in [5.74, 6) is -0.888. The van der Waals surface area contributed by atoms with Crippen LogP contribution in [0.15, 0.2) is 48.1 Å². The maximum atomic E-state index is 11.3. The molecule has 2 heterocycles. The van der Waals surface area contributed by atoms with Gasteiger partial charge in [0.05, 0.1) is 5.39 Å². The molecule has 7 heteroatoms. The van der Waals surface area contributed by atoms with Crippen LogP contribution in [-0.2, 0) is 0 Å². The first-order valence-corrected chi connectivity index (χ1v) is 9.45. The van der Waals surface area contributed by atoms with Crippen molar-refractivity contribution < 1.29 is 15.0 Å². The number of benzene rings is 2. The van der Waals surface area contributed by atoms with E-state index in [1.165, 1.54) is 35.4 Å². The number of phenols is 1. The Hall–Kier alpha value is -3.45. The predicted molar refractivity (Wildman–Crippen MR) is 111 cm³/mol. The Morgan fingerprint density at radius 1 is 1.07 bits per heavy atom. The molecule has 0 aliphatic carbocycles. The van der Waals surface area contributed by atoms with Crippen molar-refractivity contribution in [1.29, 1.82) is 0 Å². The molecule has 4 aromatic rings. The number of thiophene rings is 1. The number of carbonyl (C=O) groups is 1. The Kier molecular flexibility index (Phi) is 4.44. The molecule has 0 aliphatic heterocycles. The number of aryl methyl sites for hydroxylation is 2. The average molecular weight is 391 g/mol. The Bertz CT molecular complexity index is 1220. The fourth-order valence-corrected chi connectivity index (χ4v) is 4.11. The molecule has 0 radical (unpaired) electrons. The highest BCUT2D eigenvalue weighted by Crippen LogP contribution is 2.39. The van der Waals surface area contributed by atoms with E-state index in [0.717, 1.165) is 26.9 Å². The molecule has 0 aliphatic rings. The fraction of sp³-hybridized carbons (Fsp3) is 0.0952. The zero-order valence-electron chi connectivity index (χ0n) is 15.2. The van der Waals surface area contributed by atoms with Gasteiger partial charge >= 0.3 is 5.97 Å². The minimum atomic E-state index is -1.19. The first-order valence-electron chi connectivity index (χ1n) is 8.57. The van der Waals surface area contributed by atoms with Crippen LogP contribution in [0.2, 0.25) is 0 Å². The summed E-state index contributed by atoms with van der Waals surface area (Å²) in [6, 6.07) is 10.6. The van der Waals surface area contributed by atoms with E-state index >= 15 is 0 Å². The summed E-state index contributed by atoms with van der Waals surface area (Å²) < 4.78 is 0. The van der Waals surface area contributed by atoms with E-state index in [9.17, 15) is 15.0 Å². The number of carboxylic acids is 1. The van der Waals surface area contributed by atoms with Crippen molar-refractivity contribution in [2.45, 2.75) is 13.8 Å². The Morgan fingerprint density at radius 2 is 1.89 bits per heavy atom. The van der Waals surface area contributed by atoms with Crippen LogP contribution < -0.4 is 5.32 Å². The monoisotopic (exact) mass is 391 g/mol. The first-order chi connectivity index (χ1) is 13.4. The second-order valence-electron chi connectivity index (χ2n) is 6.53. The highest BCUT2D eigenvalue weighted by molar-refractivity contribution is 7.17. The van der Waals surface area contributed by atoms with Crippen molar-refractivity contribution >= 4 is 39.0 Å². The van der Waals surface area contributed by atoms with Crippen LogP contribution in [0.4, 0.5) is 11.5 Å². The van der Waals surface area contributed by atoms with Crippen LogP contribution in [-0.4, -0.2) is 26.2 Å². The number of aromatic nitrogens is 2. The smallest absolute Gasteiger partial charge is 0.339 e. The van der Waals surface area contributed by atoms with Gasteiger partial charge in [-0.2, -0.15) is 0 Å². The Labute approximate surface area is 165 Å². The van der Waals surface area contributed by atoms with Crippen molar-refractivity contribution in [3.8, 4) is 16.9 Å². The van der Waals surface area contributed by atoms with Gasteiger partial charge in [-0.15, -0.1) is 11.3 Å². The van der Waals surface area contributed by atoms with Gasteiger partial charge in [-0.3, -0.25) is 0 Å². The molecular weight excluding hydrogens is 374 g/mol. The first kappa shape index (κ1) is 17.9. The number of aromatic carboxylic acids is 1.